The molecular weight excluding hydrogens is 384 g/mol. The van der Waals surface area contributed by atoms with Crippen LogP contribution < -0.4 is 9.64 Å². The minimum Gasteiger partial charge on any atom is -0.490 e. The number of rotatable bonds is 6. The fourth-order valence-corrected chi connectivity index (χ4v) is 3.84. The average molecular weight is 403 g/mol. The number of hydrogen-bond donors (Lipinski definition) is 1. The summed E-state index contributed by atoms with van der Waals surface area (Å²) >= 11 is 7.57. The Kier molecular flexibility index (Phi) is 6.55. The molecule has 27 heavy (non-hydrogen) atoms. The van der Waals surface area contributed by atoms with Gasteiger partial charge in [-0.3, -0.25) is 14.7 Å². The zero-order valence-corrected chi connectivity index (χ0v) is 16.3. The van der Waals surface area contributed by atoms with Crippen LogP contribution in [-0.2, 0) is 4.79 Å². The quantitative estimate of drug-likeness (QED) is 0.735. The number of thioether (sulfide) groups is 1. The van der Waals surface area contributed by atoms with Gasteiger partial charge in [-0.1, -0.05) is 35.9 Å². The molecular formula is C20H19ClN2O3S. The molecule has 1 amide bonds. The molecule has 0 bridgehead atoms. The standard InChI is InChI=1S/C20H19ClN2O3S/c1-2-22-20-23(15-6-4-3-5-7-15)19(25)18(27-20)13-14-8-9-17(16(21)12-14)26-11-10-24/h3-9,12-13,24H,2,10-11H2,1H3/b18-13-,22-20?. The lowest BCUT2D eigenvalue weighted by molar-refractivity contribution is -0.113. The molecule has 0 unspecified atom stereocenters. The smallest absolute Gasteiger partial charge is 0.271 e. The predicted molar refractivity (Wildman–Crippen MR) is 112 cm³/mol. The number of hydrogen-bond acceptors (Lipinski definition) is 5. The molecule has 5 nitrogen and oxygen atoms in total. The minimum atomic E-state index is -0.116. The van der Waals surface area contributed by atoms with E-state index in [9.17, 15) is 4.79 Å². The van der Waals surface area contributed by atoms with E-state index in [1.807, 2.05) is 43.3 Å². The summed E-state index contributed by atoms with van der Waals surface area (Å²) in [4.78, 5) is 19.6. The van der Waals surface area contributed by atoms with Gasteiger partial charge in [0.05, 0.1) is 22.2 Å². The van der Waals surface area contributed by atoms with E-state index in [1.54, 1.807) is 23.1 Å². The lowest BCUT2D eigenvalue weighted by Crippen LogP contribution is -2.28. The van der Waals surface area contributed by atoms with E-state index in [4.69, 9.17) is 21.4 Å². The maximum atomic E-state index is 13.0. The molecule has 2 aromatic carbocycles. The zero-order valence-electron chi connectivity index (χ0n) is 14.8. The highest BCUT2D eigenvalue weighted by atomic mass is 35.5. The van der Waals surface area contributed by atoms with Crippen molar-refractivity contribution in [2.75, 3.05) is 24.7 Å². The second-order valence-corrected chi connectivity index (χ2v) is 7.02. The number of aliphatic hydroxyl groups is 1. The summed E-state index contributed by atoms with van der Waals surface area (Å²) in [6, 6.07) is 14.7. The van der Waals surface area contributed by atoms with Crippen LogP contribution >= 0.6 is 23.4 Å². The van der Waals surface area contributed by atoms with Gasteiger partial charge in [0.1, 0.15) is 12.4 Å². The van der Waals surface area contributed by atoms with Gasteiger partial charge >= 0.3 is 0 Å². The number of aliphatic imine (C=N–C) groups is 1. The van der Waals surface area contributed by atoms with Gasteiger partial charge in [0, 0.05) is 6.54 Å². The number of nitrogens with zero attached hydrogens (tertiary/aromatic N) is 2. The van der Waals surface area contributed by atoms with Crippen LogP contribution in [0.4, 0.5) is 5.69 Å². The van der Waals surface area contributed by atoms with E-state index in [0.717, 1.165) is 11.3 Å². The molecule has 0 aromatic heterocycles. The molecule has 0 radical (unpaired) electrons. The molecule has 1 aliphatic rings. The first-order valence-corrected chi connectivity index (χ1v) is 9.70. The lowest BCUT2D eigenvalue weighted by Gasteiger charge is -2.15. The number of amides is 1. The summed E-state index contributed by atoms with van der Waals surface area (Å²) in [5.41, 5.74) is 1.58. The number of ether oxygens (including phenoxy) is 1. The van der Waals surface area contributed by atoms with Crippen molar-refractivity contribution < 1.29 is 14.6 Å². The van der Waals surface area contributed by atoms with Crippen molar-refractivity contribution in [2.45, 2.75) is 6.92 Å². The molecule has 0 atom stereocenters. The van der Waals surface area contributed by atoms with Crippen molar-refractivity contribution in [3.63, 3.8) is 0 Å². The van der Waals surface area contributed by atoms with Crippen molar-refractivity contribution in [3.05, 3.63) is 64.0 Å². The summed E-state index contributed by atoms with van der Waals surface area (Å²) in [7, 11) is 0. The fraction of sp³-hybridized carbons (Fsp3) is 0.200. The number of para-hydroxylation sites is 1. The van der Waals surface area contributed by atoms with Crippen molar-refractivity contribution in [1.29, 1.82) is 0 Å². The molecule has 140 valence electrons. The van der Waals surface area contributed by atoms with E-state index in [-0.39, 0.29) is 19.1 Å². The molecule has 7 heteroatoms. The summed E-state index contributed by atoms with van der Waals surface area (Å²) in [6.07, 6.45) is 1.79. The average Bonchev–Trinajstić information content (AvgIpc) is 2.97. The number of benzene rings is 2. The highest BCUT2D eigenvalue weighted by molar-refractivity contribution is 8.19. The Balaban J connectivity index is 1.90. The molecule has 1 N–H and O–H groups in total. The van der Waals surface area contributed by atoms with E-state index >= 15 is 0 Å². The van der Waals surface area contributed by atoms with E-state index in [2.05, 4.69) is 4.99 Å². The molecule has 2 aromatic rings. The Morgan fingerprint density at radius 2 is 2.04 bits per heavy atom. The molecule has 1 aliphatic heterocycles. The fourth-order valence-electron chi connectivity index (χ4n) is 2.55. The molecule has 0 aliphatic carbocycles. The molecule has 0 spiro atoms. The van der Waals surface area contributed by atoms with Gasteiger partial charge in [-0.2, -0.15) is 0 Å². The van der Waals surface area contributed by atoms with Crippen LogP contribution in [0.3, 0.4) is 0 Å². The Hall–Kier alpha value is -2.28. The highest BCUT2D eigenvalue weighted by Gasteiger charge is 2.34. The molecule has 1 saturated heterocycles. The summed E-state index contributed by atoms with van der Waals surface area (Å²) in [6.45, 7) is 2.63. The van der Waals surface area contributed by atoms with E-state index in [0.29, 0.717) is 27.4 Å². The summed E-state index contributed by atoms with van der Waals surface area (Å²) in [5.74, 6) is 0.382. The Labute approximate surface area is 167 Å². The number of aliphatic hydroxyl groups excluding tert-OH is 1. The first-order chi connectivity index (χ1) is 13.1. The van der Waals surface area contributed by atoms with Crippen LogP contribution in [0, 0.1) is 0 Å². The van der Waals surface area contributed by atoms with Crippen molar-refractivity contribution >= 4 is 46.2 Å². The minimum absolute atomic E-state index is 0.0812. The maximum Gasteiger partial charge on any atom is 0.271 e. The van der Waals surface area contributed by atoms with Crippen molar-refractivity contribution in [2.24, 2.45) is 4.99 Å². The summed E-state index contributed by atoms with van der Waals surface area (Å²) < 4.78 is 5.35. The first kappa shape index (κ1) is 19.5. The van der Waals surface area contributed by atoms with Crippen LogP contribution in [0.2, 0.25) is 5.02 Å². The number of halogens is 1. The van der Waals surface area contributed by atoms with Gasteiger partial charge in [0.25, 0.3) is 5.91 Å². The van der Waals surface area contributed by atoms with Crippen molar-refractivity contribution in [3.8, 4) is 5.75 Å². The predicted octanol–water partition coefficient (Wildman–Crippen LogP) is 4.21. The maximum absolute atomic E-state index is 13.0. The Morgan fingerprint density at radius 3 is 2.70 bits per heavy atom. The zero-order chi connectivity index (χ0) is 19.2. The van der Waals surface area contributed by atoms with Gasteiger partial charge in [-0.05, 0) is 54.6 Å². The first-order valence-electron chi connectivity index (χ1n) is 8.50. The second kappa shape index (κ2) is 9.08. The Bertz CT molecular complexity index is 884. The molecule has 1 heterocycles. The van der Waals surface area contributed by atoms with E-state index < -0.39 is 0 Å². The topological polar surface area (TPSA) is 62.1 Å². The molecule has 3 rings (SSSR count). The van der Waals surface area contributed by atoms with Crippen LogP contribution in [0.1, 0.15) is 12.5 Å². The number of carbonyl (C=O) groups excluding carboxylic acids is 1. The van der Waals surface area contributed by atoms with E-state index in [1.165, 1.54) is 11.8 Å². The number of amidine groups is 1. The van der Waals surface area contributed by atoms with Gasteiger partial charge in [-0.25, -0.2) is 0 Å². The van der Waals surface area contributed by atoms with Gasteiger partial charge in [-0.15, -0.1) is 0 Å². The van der Waals surface area contributed by atoms with Crippen LogP contribution in [-0.4, -0.2) is 35.9 Å². The lowest BCUT2D eigenvalue weighted by atomic mass is 10.2. The highest BCUT2D eigenvalue weighted by Crippen LogP contribution is 2.36. The molecule has 1 fully saturated rings. The largest absolute Gasteiger partial charge is 0.490 e. The number of anilines is 1. The monoisotopic (exact) mass is 402 g/mol. The van der Waals surface area contributed by atoms with Crippen molar-refractivity contribution in [1.82, 2.24) is 0 Å². The van der Waals surface area contributed by atoms with Crippen LogP contribution in [0.5, 0.6) is 5.75 Å². The third-order valence-corrected chi connectivity index (χ3v) is 5.02. The SMILES string of the molecule is CCN=C1S/C(=C\c2ccc(OCCO)c(Cl)c2)C(=O)N1c1ccccc1. The van der Waals surface area contributed by atoms with Gasteiger partial charge in [0.2, 0.25) is 0 Å². The normalized spacial score (nSPS) is 17.1. The Morgan fingerprint density at radius 1 is 1.26 bits per heavy atom. The second-order valence-electron chi connectivity index (χ2n) is 5.61. The summed E-state index contributed by atoms with van der Waals surface area (Å²) in [5, 5.41) is 9.93. The van der Waals surface area contributed by atoms with Gasteiger partial charge in [0.15, 0.2) is 5.17 Å². The number of carbonyl (C=O) groups is 1. The third kappa shape index (κ3) is 4.53. The van der Waals surface area contributed by atoms with Gasteiger partial charge < -0.3 is 9.84 Å². The molecule has 0 saturated carbocycles. The third-order valence-electron chi connectivity index (χ3n) is 3.72. The van der Waals surface area contributed by atoms with Crippen LogP contribution in [0.25, 0.3) is 6.08 Å². The van der Waals surface area contributed by atoms with Crippen LogP contribution in [0.15, 0.2) is 58.4 Å².